The van der Waals surface area contributed by atoms with Crippen molar-refractivity contribution in [1.29, 1.82) is 0 Å². The molecule has 0 bridgehead atoms. The van der Waals surface area contributed by atoms with Crippen LogP contribution in [0.15, 0.2) is 6.20 Å². The van der Waals surface area contributed by atoms with Crippen molar-refractivity contribution in [1.82, 2.24) is 20.3 Å². The second-order valence-electron chi connectivity index (χ2n) is 13.0. The largest absolute Gasteiger partial charge is 0.477 e. The van der Waals surface area contributed by atoms with E-state index in [4.69, 9.17) is 43.0 Å². The van der Waals surface area contributed by atoms with E-state index in [1.807, 2.05) is 0 Å². The van der Waals surface area contributed by atoms with Crippen LogP contribution in [0.5, 0.6) is 5.75 Å². The first-order valence-corrected chi connectivity index (χ1v) is 18.8. The SMILES string of the molecule is O=C(CO)N[C@H]1[C@H]([C@H](O)[C@H](O)CO)O[C@@](OCCOCCOCc2cn(CCOCCOCCOCCOCCC(=O)Oc3c(F)c(F)c(F)c(F)c3F)nn2)(C(=O)O)C[C@@H]1O. The van der Waals surface area contributed by atoms with Crippen LogP contribution in [0.3, 0.4) is 0 Å². The number of aliphatic carboxylic acids is 1. The highest BCUT2D eigenvalue weighted by molar-refractivity contribution is 5.78. The summed E-state index contributed by atoms with van der Waals surface area (Å²) in [6.45, 7) is -0.677. The van der Waals surface area contributed by atoms with E-state index in [1.165, 1.54) is 0 Å². The lowest BCUT2D eigenvalue weighted by Gasteiger charge is -2.46. The number of aliphatic hydroxyl groups excluding tert-OH is 5. The number of hydrogen-bond donors (Lipinski definition) is 7. The molecule has 22 nitrogen and oxygen atoms in total. The zero-order valence-corrected chi connectivity index (χ0v) is 33.0. The number of halogens is 5. The van der Waals surface area contributed by atoms with Gasteiger partial charge < -0.3 is 78.6 Å². The molecule has 6 atom stereocenters. The van der Waals surface area contributed by atoms with Gasteiger partial charge in [-0.2, -0.15) is 8.78 Å². The topological polar surface area (TPSA) is 298 Å². The molecule has 1 amide bonds. The summed E-state index contributed by atoms with van der Waals surface area (Å²) in [5.74, 6) is -19.5. The van der Waals surface area contributed by atoms with Crippen molar-refractivity contribution in [3.8, 4) is 5.75 Å². The number of carboxylic acid groups (broad SMARTS) is 1. The molecule has 1 aliphatic rings. The van der Waals surface area contributed by atoms with E-state index in [9.17, 15) is 61.9 Å². The van der Waals surface area contributed by atoms with Gasteiger partial charge in [-0.15, -0.1) is 5.10 Å². The van der Waals surface area contributed by atoms with Crippen molar-refractivity contribution < 1.29 is 110 Å². The number of amides is 1. The Kier molecular flexibility index (Phi) is 22.9. The molecule has 0 radical (unpaired) electrons. The van der Waals surface area contributed by atoms with Crippen LogP contribution in [0.2, 0.25) is 0 Å². The normalized spacial score (nSPS) is 19.9. The summed E-state index contributed by atoms with van der Waals surface area (Å²) >= 11 is 0. The van der Waals surface area contributed by atoms with Gasteiger partial charge in [-0.05, 0) is 0 Å². The molecular weight excluding hydrogens is 859 g/mol. The second kappa shape index (κ2) is 27.2. The highest BCUT2D eigenvalue weighted by Crippen LogP contribution is 2.34. The van der Waals surface area contributed by atoms with Gasteiger partial charge >= 0.3 is 11.9 Å². The molecule has 1 aromatic carbocycles. The third-order valence-corrected chi connectivity index (χ3v) is 8.48. The van der Waals surface area contributed by atoms with E-state index in [-0.39, 0.29) is 79.3 Å². The van der Waals surface area contributed by atoms with Crippen molar-refractivity contribution in [3.63, 3.8) is 0 Å². The average Bonchev–Trinajstić information content (AvgIpc) is 3.72. The Morgan fingerprint density at radius 3 is 1.90 bits per heavy atom. The molecule has 2 heterocycles. The van der Waals surface area contributed by atoms with Crippen LogP contribution in [0, 0.1) is 29.1 Å². The van der Waals surface area contributed by atoms with Crippen molar-refractivity contribution in [2.24, 2.45) is 0 Å². The monoisotopic (exact) mass is 908 g/mol. The van der Waals surface area contributed by atoms with Gasteiger partial charge in [0.15, 0.2) is 0 Å². The van der Waals surface area contributed by atoms with Crippen molar-refractivity contribution in [2.45, 2.75) is 62.2 Å². The van der Waals surface area contributed by atoms with Gasteiger partial charge in [-0.3, -0.25) is 9.59 Å². The summed E-state index contributed by atoms with van der Waals surface area (Å²) in [5.41, 5.74) is 0.517. The van der Waals surface area contributed by atoms with Crippen LogP contribution in [0.25, 0.3) is 0 Å². The Morgan fingerprint density at radius 2 is 1.34 bits per heavy atom. The van der Waals surface area contributed by atoms with Crippen LogP contribution >= 0.6 is 0 Å². The van der Waals surface area contributed by atoms with Crippen LogP contribution < -0.4 is 10.1 Å². The van der Waals surface area contributed by atoms with E-state index in [0.29, 0.717) is 18.8 Å². The van der Waals surface area contributed by atoms with Crippen LogP contribution in [-0.4, -0.2) is 192 Å². The minimum Gasteiger partial charge on any atom is -0.477 e. The zero-order valence-electron chi connectivity index (χ0n) is 33.0. The van der Waals surface area contributed by atoms with Crippen molar-refractivity contribution in [3.05, 3.63) is 41.0 Å². The molecule has 62 heavy (non-hydrogen) atoms. The smallest absolute Gasteiger partial charge is 0.364 e. The lowest BCUT2D eigenvalue weighted by molar-refractivity contribution is -0.313. The van der Waals surface area contributed by atoms with Gasteiger partial charge in [-0.25, -0.2) is 22.6 Å². The molecule has 352 valence electrons. The number of nitrogens with zero attached hydrogens (tertiary/aromatic N) is 3. The Morgan fingerprint density at radius 1 is 0.806 bits per heavy atom. The molecular formula is C35H49F5N4O18. The lowest BCUT2D eigenvalue weighted by atomic mass is 9.88. The first-order valence-electron chi connectivity index (χ1n) is 18.8. The number of rotatable bonds is 31. The number of carboxylic acids is 1. The lowest BCUT2D eigenvalue weighted by Crippen LogP contribution is -2.68. The Labute approximate surface area is 349 Å². The Hall–Kier alpha value is -4.10. The average molecular weight is 909 g/mol. The molecule has 0 saturated carbocycles. The molecule has 0 spiro atoms. The molecule has 7 N–H and O–H groups in total. The summed E-state index contributed by atoms with van der Waals surface area (Å²) in [7, 11) is 0. The highest BCUT2D eigenvalue weighted by atomic mass is 19.2. The summed E-state index contributed by atoms with van der Waals surface area (Å²) in [4.78, 5) is 35.6. The fraction of sp³-hybridized carbons (Fsp3) is 0.686. The van der Waals surface area contributed by atoms with Gasteiger partial charge in [0.1, 0.15) is 30.6 Å². The molecule has 2 aromatic rings. The quantitative estimate of drug-likeness (QED) is 0.0105. The standard InChI is InChI=1S/C35H49F5N4O18/c36-25-26(37)28(39)32(29(40)27(25)38)61-24(50)1-3-54-5-7-56-9-10-57-8-6-55-4-2-44-16-20(42-43-44)19-59-12-11-58-13-14-60-35(34(52)53)15-21(47)30(41-23(49)18-46)33(62-35)31(51)22(48)17-45/h16,21-22,30-31,33,45-48,51H,1-15,17-19H2,(H,41,49)(H,52,53)/t21-,22+,30+,31+,33+,35+/m0/s1. The minimum absolute atomic E-state index is 0.0276. The maximum atomic E-state index is 13.6. The molecule has 3 rings (SSSR count). The third kappa shape index (κ3) is 16.2. The number of ether oxygens (including phenoxy) is 9. The molecule has 1 fully saturated rings. The number of benzene rings is 1. The minimum atomic E-state index is -2.53. The number of carbonyl (C=O) groups excluding carboxylic acids is 2. The van der Waals surface area contributed by atoms with Crippen molar-refractivity contribution in [2.75, 3.05) is 92.5 Å². The zero-order chi connectivity index (χ0) is 45.7. The number of nitrogens with one attached hydrogen (secondary N) is 1. The first kappa shape index (κ1) is 52.2. The third-order valence-electron chi connectivity index (χ3n) is 8.48. The number of carbonyl (C=O) groups is 3. The molecule has 1 saturated heterocycles. The number of aliphatic hydroxyl groups is 5. The van der Waals surface area contributed by atoms with Gasteiger partial charge in [0.2, 0.25) is 40.7 Å². The molecule has 0 aliphatic carbocycles. The molecule has 1 aromatic heterocycles. The van der Waals surface area contributed by atoms with Crippen LogP contribution in [0.4, 0.5) is 22.0 Å². The number of esters is 1. The van der Waals surface area contributed by atoms with Crippen molar-refractivity contribution >= 4 is 17.8 Å². The Bertz CT molecular complexity index is 1670. The number of hydrogen-bond acceptors (Lipinski definition) is 19. The van der Waals surface area contributed by atoms with E-state index >= 15 is 0 Å². The van der Waals surface area contributed by atoms with Crippen LogP contribution in [0.1, 0.15) is 18.5 Å². The summed E-state index contributed by atoms with van der Waals surface area (Å²) in [6.07, 6.45) is -6.84. The maximum Gasteiger partial charge on any atom is 0.364 e. The van der Waals surface area contributed by atoms with Gasteiger partial charge in [0.25, 0.3) is 5.79 Å². The van der Waals surface area contributed by atoms with E-state index < -0.39 is 115 Å². The van der Waals surface area contributed by atoms with Crippen LogP contribution in [-0.2, 0) is 65.4 Å². The van der Waals surface area contributed by atoms with Gasteiger partial charge in [-0.1, -0.05) is 5.21 Å². The predicted molar refractivity (Wildman–Crippen MR) is 190 cm³/mol. The molecule has 0 unspecified atom stereocenters. The van der Waals surface area contributed by atoms with Gasteiger partial charge in [0, 0.05) is 6.42 Å². The fourth-order valence-corrected chi connectivity index (χ4v) is 5.36. The molecule has 1 aliphatic heterocycles. The fourth-order valence-electron chi connectivity index (χ4n) is 5.36. The maximum absolute atomic E-state index is 13.6. The summed E-state index contributed by atoms with van der Waals surface area (Å²) in [5, 5.41) is 69.4. The van der Waals surface area contributed by atoms with E-state index in [1.54, 1.807) is 10.9 Å². The number of aromatic nitrogens is 3. The van der Waals surface area contributed by atoms with Gasteiger partial charge in [0.05, 0.1) is 124 Å². The highest BCUT2D eigenvalue weighted by Gasteiger charge is 2.55. The second-order valence-corrected chi connectivity index (χ2v) is 13.0. The first-order chi connectivity index (χ1) is 29.6. The Balaban J connectivity index is 1.18. The summed E-state index contributed by atoms with van der Waals surface area (Å²) in [6, 6.07) is -1.47. The molecule has 27 heteroatoms. The predicted octanol–water partition coefficient (Wildman–Crippen LogP) is -2.29. The van der Waals surface area contributed by atoms with E-state index in [2.05, 4.69) is 20.4 Å². The van der Waals surface area contributed by atoms with E-state index in [0.717, 1.165) is 0 Å². The summed E-state index contributed by atoms with van der Waals surface area (Å²) < 4.78 is 116.